The van der Waals surface area contributed by atoms with Gasteiger partial charge in [0.15, 0.2) is 0 Å². The summed E-state index contributed by atoms with van der Waals surface area (Å²) in [6, 6.07) is 0. The molecule has 2 fully saturated rings. The highest BCUT2D eigenvalue weighted by molar-refractivity contribution is 7.89. The van der Waals surface area contributed by atoms with Gasteiger partial charge in [-0.05, 0) is 12.8 Å². The fraction of sp³-hybridized carbons (Fsp3) is 1.00. The molecular weight excluding hydrogens is 164 g/mol. The van der Waals surface area contributed by atoms with Gasteiger partial charge in [0, 0.05) is 13.1 Å². The molecule has 0 saturated carbocycles. The van der Waals surface area contributed by atoms with Gasteiger partial charge in [-0.25, -0.2) is 8.42 Å². The van der Waals surface area contributed by atoms with Crippen LogP contribution in [0.15, 0.2) is 0 Å². The molecule has 0 amide bonds. The Labute approximate surface area is 66.6 Å². The number of nitrogens with one attached hydrogen (secondary N) is 1. The van der Waals surface area contributed by atoms with Gasteiger partial charge in [0.05, 0.1) is 11.9 Å². The number of fused-ring (bicyclic) bond motifs is 1. The molecule has 0 aromatic rings. The number of nitrogens with zero attached hydrogens (tertiary/aromatic N) is 1. The minimum atomic E-state index is -2.89. The zero-order chi connectivity index (χ0) is 7.90. The van der Waals surface area contributed by atoms with Gasteiger partial charge in [-0.2, -0.15) is 4.31 Å². The molecule has 2 aliphatic heterocycles. The molecule has 0 spiro atoms. The lowest BCUT2D eigenvalue weighted by molar-refractivity contribution is 0.319. The Kier molecular flexibility index (Phi) is 1.66. The summed E-state index contributed by atoms with van der Waals surface area (Å²) in [4.78, 5) is 0. The van der Waals surface area contributed by atoms with Crippen molar-refractivity contribution < 1.29 is 8.42 Å². The zero-order valence-electron chi connectivity index (χ0n) is 6.28. The fourth-order valence-corrected chi connectivity index (χ4v) is 3.33. The fourth-order valence-electron chi connectivity index (χ4n) is 1.75. The van der Waals surface area contributed by atoms with E-state index in [-0.39, 0.29) is 11.9 Å². The molecule has 0 aliphatic carbocycles. The maximum Gasteiger partial charge on any atom is 0.216 e. The van der Waals surface area contributed by atoms with Crippen LogP contribution in [0.3, 0.4) is 0 Å². The summed E-state index contributed by atoms with van der Waals surface area (Å²) < 4.78 is 24.3. The summed E-state index contributed by atoms with van der Waals surface area (Å²) in [6.45, 7) is 1.32. The predicted octanol–water partition coefficient (Wildman–Crippen LogP) is -0.659. The summed E-state index contributed by atoms with van der Waals surface area (Å²) in [5.74, 6) is 0.267. The third-order valence-electron chi connectivity index (χ3n) is 2.30. The zero-order valence-corrected chi connectivity index (χ0v) is 7.10. The van der Waals surface area contributed by atoms with E-state index < -0.39 is 10.0 Å². The predicted molar refractivity (Wildman–Crippen MR) is 41.5 cm³/mol. The minimum Gasteiger partial charge on any atom is -0.300 e. The van der Waals surface area contributed by atoms with E-state index in [1.807, 2.05) is 0 Å². The van der Waals surface area contributed by atoms with E-state index >= 15 is 0 Å². The van der Waals surface area contributed by atoms with Crippen LogP contribution in [-0.4, -0.2) is 37.7 Å². The van der Waals surface area contributed by atoms with Crippen LogP contribution in [0.5, 0.6) is 0 Å². The van der Waals surface area contributed by atoms with Crippen molar-refractivity contribution in [1.82, 2.24) is 9.62 Å². The Balaban J connectivity index is 2.26. The van der Waals surface area contributed by atoms with Crippen LogP contribution < -0.4 is 5.32 Å². The molecule has 2 aliphatic rings. The van der Waals surface area contributed by atoms with E-state index in [1.165, 1.54) is 0 Å². The number of sulfonamides is 1. The van der Waals surface area contributed by atoms with E-state index in [2.05, 4.69) is 5.32 Å². The van der Waals surface area contributed by atoms with Gasteiger partial charge in [0.2, 0.25) is 10.0 Å². The van der Waals surface area contributed by atoms with Crippen molar-refractivity contribution >= 4 is 10.0 Å². The normalized spacial score (nSPS) is 36.9. The molecular formula is C6H12N2O2S. The highest BCUT2D eigenvalue weighted by Crippen LogP contribution is 2.21. The highest BCUT2D eigenvalue weighted by Gasteiger charge is 2.36. The van der Waals surface area contributed by atoms with Crippen LogP contribution in [-0.2, 0) is 10.0 Å². The van der Waals surface area contributed by atoms with E-state index in [1.54, 1.807) is 4.31 Å². The summed E-state index contributed by atoms with van der Waals surface area (Å²) in [5.41, 5.74) is 0. The summed E-state index contributed by atoms with van der Waals surface area (Å²) in [6.07, 6.45) is 2.07. The van der Waals surface area contributed by atoms with Gasteiger partial charge >= 0.3 is 0 Å². The Hall–Kier alpha value is -0.130. The average molecular weight is 176 g/mol. The molecule has 0 radical (unpaired) electrons. The van der Waals surface area contributed by atoms with Crippen molar-refractivity contribution in [2.24, 2.45) is 0 Å². The third-order valence-corrected chi connectivity index (χ3v) is 4.17. The smallest absolute Gasteiger partial charge is 0.216 e. The molecule has 5 heteroatoms. The van der Waals surface area contributed by atoms with Crippen LogP contribution in [0.25, 0.3) is 0 Å². The van der Waals surface area contributed by atoms with E-state index in [9.17, 15) is 8.42 Å². The van der Waals surface area contributed by atoms with Crippen LogP contribution in [0.2, 0.25) is 0 Å². The van der Waals surface area contributed by atoms with E-state index in [0.29, 0.717) is 13.1 Å². The van der Waals surface area contributed by atoms with Gasteiger partial charge < -0.3 is 0 Å². The molecule has 0 aromatic carbocycles. The first-order valence-electron chi connectivity index (χ1n) is 3.93. The van der Waals surface area contributed by atoms with Crippen LogP contribution >= 0.6 is 0 Å². The molecule has 1 atom stereocenters. The van der Waals surface area contributed by atoms with Crippen LogP contribution in [0.1, 0.15) is 12.8 Å². The summed E-state index contributed by atoms with van der Waals surface area (Å²) in [7, 11) is -2.89. The standard InChI is InChI=1S/C6H12N2O2S/c9-11(10)5-3-7-6-2-1-4-8(6)11/h6-7H,1-5H2. The lowest BCUT2D eigenvalue weighted by Gasteiger charge is -2.29. The molecule has 2 rings (SSSR count). The largest absolute Gasteiger partial charge is 0.300 e. The molecule has 0 bridgehead atoms. The molecule has 64 valence electrons. The number of rotatable bonds is 0. The molecule has 1 unspecified atom stereocenters. The first kappa shape index (κ1) is 7.52. The Morgan fingerprint density at radius 1 is 1.45 bits per heavy atom. The molecule has 2 heterocycles. The molecule has 11 heavy (non-hydrogen) atoms. The first-order chi connectivity index (χ1) is 5.20. The molecule has 4 nitrogen and oxygen atoms in total. The Morgan fingerprint density at radius 2 is 2.27 bits per heavy atom. The lowest BCUT2D eigenvalue weighted by Crippen LogP contribution is -2.52. The SMILES string of the molecule is O=S1(=O)CCNC2CCCN21. The maximum absolute atomic E-state index is 11.3. The van der Waals surface area contributed by atoms with Crippen molar-refractivity contribution in [3.63, 3.8) is 0 Å². The third kappa shape index (κ3) is 1.17. The lowest BCUT2D eigenvalue weighted by atomic mass is 10.3. The van der Waals surface area contributed by atoms with Gasteiger partial charge in [-0.15, -0.1) is 0 Å². The number of hydrogen-bond donors (Lipinski definition) is 1. The highest BCUT2D eigenvalue weighted by atomic mass is 32.2. The van der Waals surface area contributed by atoms with Gasteiger partial charge in [0.1, 0.15) is 0 Å². The van der Waals surface area contributed by atoms with Crippen molar-refractivity contribution in [1.29, 1.82) is 0 Å². The van der Waals surface area contributed by atoms with Crippen molar-refractivity contribution in [2.45, 2.75) is 19.0 Å². The van der Waals surface area contributed by atoms with Crippen LogP contribution in [0.4, 0.5) is 0 Å². The average Bonchev–Trinajstić information content (AvgIpc) is 2.34. The van der Waals surface area contributed by atoms with E-state index in [0.717, 1.165) is 12.8 Å². The minimum absolute atomic E-state index is 0.105. The maximum atomic E-state index is 11.3. The topological polar surface area (TPSA) is 49.4 Å². The summed E-state index contributed by atoms with van der Waals surface area (Å²) in [5, 5.41) is 3.18. The van der Waals surface area contributed by atoms with Crippen LogP contribution in [0, 0.1) is 0 Å². The van der Waals surface area contributed by atoms with Crippen molar-refractivity contribution in [2.75, 3.05) is 18.8 Å². The Bertz CT molecular complexity index is 249. The quantitative estimate of drug-likeness (QED) is 0.533. The summed E-state index contributed by atoms with van der Waals surface area (Å²) >= 11 is 0. The second-order valence-electron chi connectivity index (χ2n) is 3.04. The molecule has 2 saturated heterocycles. The molecule has 1 N–H and O–H groups in total. The van der Waals surface area contributed by atoms with Gasteiger partial charge in [-0.3, -0.25) is 5.32 Å². The Morgan fingerprint density at radius 3 is 3.00 bits per heavy atom. The van der Waals surface area contributed by atoms with Crippen molar-refractivity contribution in [3.05, 3.63) is 0 Å². The number of hydrogen-bond acceptors (Lipinski definition) is 3. The second kappa shape index (κ2) is 2.43. The monoisotopic (exact) mass is 176 g/mol. The van der Waals surface area contributed by atoms with E-state index in [4.69, 9.17) is 0 Å². The molecule has 0 aromatic heterocycles. The second-order valence-corrected chi connectivity index (χ2v) is 5.08. The first-order valence-corrected chi connectivity index (χ1v) is 5.54. The van der Waals surface area contributed by atoms with Gasteiger partial charge in [0.25, 0.3) is 0 Å². The van der Waals surface area contributed by atoms with Crippen molar-refractivity contribution in [3.8, 4) is 0 Å². The van der Waals surface area contributed by atoms with Gasteiger partial charge in [-0.1, -0.05) is 0 Å².